The minimum Gasteiger partial charge on any atom is -0.451 e. The first-order valence-corrected chi connectivity index (χ1v) is 9.31. The number of likely N-dealkylation sites (N-methyl/N-ethyl adjacent to an activating group) is 1. The molecule has 0 aliphatic heterocycles. The van der Waals surface area contributed by atoms with Crippen LogP contribution in [0, 0.1) is 0 Å². The van der Waals surface area contributed by atoms with E-state index in [0.717, 1.165) is 28.8 Å². The highest BCUT2D eigenvalue weighted by atomic mass is 32.1. The molecular formula is C18H20N4O3S. The maximum Gasteiger partial charge on any atom is 0.359 e. The minimum absolute atomic E-state index is 0.185. The van der Waals surface area contributed by atoms with E-state index in [9.17, 15) is 9.59 Å². The van der Waals surface area contributed by atoms with Crippen molar-refractivity contribution in [1.82, 2.24) is 15.2 Å². The van der Waals surface area contributed by atoms with Gasteiger partial charge in [-0.15, -0.1) is 0 Å². The fraction of sp³-hybridized carbons (Fsp3) is 0.333. The summed E-state index contributed by atoms with van der Waals surface area (Å²) in [6.45, 7) is 3.99. The summed E-state index contributed by atoms with van der Waals surface area (Å²) >= 11 is 1.43. The SMILES string of the molecule is CCCc1cc(C(=O)OCC(=O)N(CC)c2nc3ccccc3s2)n[nH]1. The van der Waals surface area contributed by atoms with Crippen LogP contribution >= 0.6 is 11.3 Å². The number of ether oxygens (including phenoxy) is 1. The first kappa shape index (κ1) is 18.1. The van der Waals surface area contributed by atoms with E-state index in [0.29, 0.717) is 11.7 Å². The Morgan fingerprint density at radius 2 is 2.08 bits per heavy atom. The van der Waals surface area contributed by atoms with Gasteiger partial charge in [0, 0.05) is 12.2 Å². The number of aromatic amines is 1. The van der Waals surface area contributed by atoms with Crippen LogP contribution in [0.5, 0.6) is 0 Å². The van der Waals surface area contributed by atoms with Crippen molar-refractivity contribution < 1.29 is 14.3 Å². The average Bonchev–Trinajstić information content (AvgIpc) is 3.27. The van der Waals surface area contributed by atoms with E-state index in [1.807, 2.05) is 38.1 Å². The number of anilines is 1. The quantitative estimate of drug-likeness (QED) is 0.644. The van der Waals surface area contributed by atoms with Gasteiger partial charge in [0.2, 0.25) is 0 Å². The van der Waals surface area contributed by atoms with Gasteiger partial charge < -0.3 is 4.74 Å². The van der Waals surface area contributed by atoms with Crippen LogP contribution in [0.4, 0.5) is 5.13 Å². The highest BCUT2D eigenvalue weighted by Crippen LogP contribution is 2.28. The number of esters is 1. The molecule has 3 rings (SSSR count). The number of aryl methyl sites for hydroxylation is 1. The van der Waals surface area contributed by atoms with Crippen LogP contribution in [0.2, 0.25) is 0 Å². The van der Waals surface area contributed by atoms with Crippen LogP contribution in [-0.4, -0.2) is 40.2 Å². The molecule has 136 valence electrons. The summed E-state index contributed by atoms with van der Waals surface area (Å²) in [5.41, 5.74) is 1.90. The molecule has 0 aliphatic carbocycles. The zero-order valence-electron chi connectivity index (χ0n) is 14.7. The number of hydrogen-bond acceptors (Lipinski definition) is 6. The molecule has 2 heterocycles. The maximum absolute atomic E-state index is 12.5. The Hall–Kier alpha value is -2.74. The number of para-hydroxylation sites is 1. The van der Waals surface area contributed by atoms with Gasteiger partial charge in [0.1, 0.15) is 0 Å². The van der Waals surface area contributed by atoms with Crippen molar-refractivity contribution in [1.29, 1.82) is 0 Å². The van der Waals surface area contributed by atoms with Crippen molar-refractivity contribution in [2.45, 2.75) is 26.7 Å². The second kappa shape index (κ2) is 8.09. The van der Waals surface area contributed by atoms with Crippen LogP contribution in [-0.2, 0) is 16.0 Å². The molecule has 0 fully saturated rings. The third kappa shape index (κ3) is 3.91. The predicted octanol–water partition coefficient (Wildman–Crippen LogP) is 3.18. The van der Waals surface area contributed by atoms with Crippen LogP contribution in [0.15, 0.2) is 30.3 Å². The van der Waals surface area contributed by atoms with E-state index in [1.165, 1.54) is 16.2 Å². The molecule has 2 aromatic heterocycles. The Morgan fingerprint density at radius 3 is 2.81 bits per heavy atom. The van der Waals surface area contributed by atoms with Gasteiger partial charge in [-0.1, -0.05) is 36.8 Å². The van der Waals surface area contributed by atoms with Gasteiger partial charge in [0.05, 0.1) is 10.2 Å². The minimum atomic E-state index is -0.614. The highest BCUT2D eigenvalue weighted by molar-refractivity contribution is 7.22. The second-order valence-electron chi connectivity index (χ2n) is 5.71. The number of nitrogens with one attached hydrogen (secondary N) is 1. The number of fused-ring (bicyclic) bond motifs is 1. The number of aromatic nitrogens is 3. The summed E-state index contributed by atoms with van der Waals surface area (Å²) in [6, 6.07) is 9.35. The first-order chi connectivity index (χ1) is 12.6. The number of amides is 1. The molecule has 7 nitrogen and oxygen atoms in total. The lowest BCUT2D eigenvalue weighted by Gasteiger charge is -2.17. The molecule has 0 saturated carbocycles. The van der Waals surface area contributed by atoms with Gasteiger partial charge in [-0.3, -0.25) is 14.8 Å². The van der Waals surface area contributed by atoms with Crippen molar-refractivity contribution in [3.8, 4) is 0 Å². The number of hydrogen-bond donors (Lipinski definition) is 1. The summed E-state index contributed by atoms with van der Waals surface area (Å²) in [5.74, 6) is -0.929. The Kier molecular flexibility index (Phi) is 5.62. The second-order valence-corrected chi connectivity index (χ2v) is 6.72. The number of H-pyrrole nitrogens is 1. The predicted molar refractivity (Wildman–Crippen MR) is 101 cm³/mol. The molecular weight excluding hydrogens is 352 g/mol. The molecule has 0 aliphatic rings. The van der Waals surface area contributed by atoms with E-state index in [4.69, 9.17) is 4.74 Å². The van der Waals surface area contributed by atoms with E-state index in [2.05, 4.69) is 15.2 Å². The molecule has 0 saturated heterocycles. The first-order valence-electron chi connectivity index (χ1n) is 8.49. The summed E-state index contributed by atoms with van der Waals surface area (Å²) in [7, 11) is 0. The Morgan fingerprint density at radius 1 is 1.27 bits per heavy atom. The van der Waals surface area contributed by atoms with Crippen LogP contribution in [0.3, 0.4) is 0 Å². The molecule has 0 atom stereocenters. The van der Waals surface area contributed by atoms with Crippen LogP contribution in [0.1, 0.15) is 36.5 Å². The fourth-order valence-corrected chi connectivity index (χ4v) is 3.58. The molecule has 1 amide bonds. The zero-order chi connectivity index (χ0) is 18.5. The summed E-state index contributed by atoms with van der Waals surface area (Å²) < 4.78 is 6.13. The summed E-state index contributed by atoms with van der Waals surface area (Å²) in [6.07, 6.45) is 1.75. The Balaban J connectivity index is 1.64. The van der Waals surface area contributed by atoms with Gasteiger partial charge in [0.25, 0.3) is 5.91 Å². The van der Waals surface area contributed by atoms with E-state index >= 15 is 0 Å². The molecule has 8 heteroatoms. The molecule has 0 bridgehead atoms. The highest BCUT2D eigenvalue weighted by Gasteiger charge is 2.20. The molecule has 0 radical (unpaired) electrons. The van der Waals surface area contributed by atoms with Crippen LogP contribution in [0.25, 0.3) is 10.2 Å². The van der Waals surface area contributed by atoms with E-state index < -0.39 is 5.97 Å². The van der Waals surface area contributed by atoms with Gasteiger partial charge in [-0.25, -0.2) is 9.78 Å². The van der Waals surface area contributed by atoms with Crippen molar-refractivity contribution in [3.63, 3.8) is 0 Å². The number of carbonyl (C=O) groups is 2. The Labute approximate surface area is 155 Å². The van der Waals surface area contributed by atoms with Gasteiger partial charge in [-0.2, -0.15) is 5.10 Å². The monoisotopic (exact) mass is 372 g/mol. The maximum atomic E-state index is 12.5. The molecule has 26 heavy (non-hydrogen) atoms. The fourth-order valence-electron chi connectivity index (χ4n) is 2.54. The van der Waals surface area contributed by atoms with Crippen molar-refractivity contribution in [2.24, 2.45) is 0 Å². The lowest BCUT2D eigenvalue weighted by Crippen LogP contribution is -2.34. The molecule has 3 aromatic rings. The summed E-state index contributed by atoms with van der Waals surface area (Å²) in [4.78, 5) is 30.5. The van der Waals surface area contributed by atoms with Crippen molar-refractivity contribution in [2.75, 3.05) is 18.1 Å². The van der Waals surface area contributed by atoms with Crippen molar-refractivity contribution >= 4 is 38.6 Å². The molecule has 0 unspecified atom stereocenters. The largest absolute Gasteiger partial charge is 0.451 e. The van der Waals surface area contributed by atoms with Crippen LogP contribution < -0.4 is 4.90 Å². The van der Waals surface area contributed by atoms with E-state index in [1.54, 1.807) is 6.07 Å². The zero-order valence-corrected chi connectivity index (χ0v) is 15.5. The van der Waals surface area contributed by atoms with Crippen molar-refractivity contribution in [3.05, 3.63) is 41.7 Å². The standard InChI is InChI=1S/C18H20N4O3S/c1-3-7-12-10-14(21-20-12)17(24)25-11-16(23)22(4-2)18-19-13-8-5-6-9-15(13)26-18/h5-6,8-10H,3-4,7,11H2,1-2H3,(H,20,21). The topological polar surface area (TPSA) is 88.2 Å². The number of carbonyl (C=O) groups excluding carboxylic acids is 2. The third-order valence-electron chi connectivity index (χ3n) is 3.82. The Bertz CT molecular complexity index is 885. The molecule has 1 N–H and O–H groups in total. The van der Waals surface area contributed by atoms with E-state index in [-0.39, 0.29) is 18.2 Å². The lowest BCUT2D eigenvalue weighted by atomic mass is 10.2. The smallest absolute Gasteiger partial charge is 0.359 e. The summed E-state index contributed by atoms with van der Waals surface area (Å²) in [5, 5.41) is 7.32. The molecule has 1 aromatic carbocycles. The normalized spacial score (nSPS) is 10.8. The van der Waals surface area contributed by atoms with Gasteiger partial charge in [0.15, 0.2) is 17.4 Å². The average molecular weight is 372 g/mol. The number of nitrogens with zero attached hydrogens (tertiary/aromatic N) is 3. The van der Waals surface area contributed by atoms with Gasteiger partial charge >= 0.3 is 5.97 Å². The van der Waals surface area contributed by atoms with Gasteiger partial charge in [-0.05, 0) is 31.5 Å². The lowest BCUT2D eigenvalue weighted by molar-refractivity contribution is -0.121. The third-order valence-corrected chi connectivity index (χ3v) is 4.88. The number of benzene rings is 1. The molecule has 0 spiro atoms. The number of rotatable bonds is 7. The number of thiazole rings is 1.